The van der Waals surface area contributed by atoms with E-state index < -0.39 is 0 Å². The fourth-order valence-corrected chi connectivity index (χ4v) is 2.22. The Balaban J connectivity index is 2.50. The van der Waals surface area contributed by atoms with Gasteiger partial charge in [-0.25, -0.2) is 9.97 Å². The Labute approximate surface area is 120 Å². The van der Waals surface area contributed by atoms with Crippen molar-refractivity contribution in [1.29, 1.82) is 0 Å². The fourth-order valence-electron chi connectivity index (χ4n) is 2.22. The standard InChI is InChI=1S/C16H21N3O/c1-4-10-17-16-12(5-2)15(18-11-19-16)13-8-6-7-9-14(13)20-3/h6-9,11H,4-5,10H2,1-3H3,(H,17,18,19). The number of anilines is 1. The zero-order chi connectivity index (χ0) is 14.4. The Morgan fingerprint density at radius 1 is 1.15 bits per heavy atom. The fraction of sp³-hybridized carbons (Fsp3) is 0.375. The molecule has 0 saturated carbocycles. The van der Waals surface area contributed by atoms with E-state index in [1.807, 2.05) is 24.3 Å². The summed E-state index contributed by atoms with van der Waals surface area (Å²) in [5, 5.41) is 3.37. The first kappa shape index (κ1) is 14.3. The van der Waals surface area contributed by atoms with Gasteiger partial charge in [0.05, 0.1) is 12.8 Å². The summed E-state index contributed by atoms with van der Waals surface area (Å²) >= 11 is 0. The number of hydrogen-bond acceptors (Lipinski definition) is 4. The van der Waals surface area contributed by atoms with Gasteiger partial charge in [0.1, 0.15) is 17.9 Å². The van der Waals surface area contributed by atoms with Crippen molar-refractivity contribution >= 4 is 5.82 Å². The highest BCUT2D eigenvalue weighted by Crippen LogP contribution is 2.32. The van der Waals surface area contributed by atoms with Gasteiger partial charge < -0.3 is 10.1 Å². The zero-order valence-electron chi connectivity index (χ0n) is 12.3. The van der Waals surface area contributed by atoms with Gasteiger partial charge >= 0.3 is 0 Å². The zero-order valence-corrected chi connectivity index (χ0v) is 12.3. The van der Waals surface area contributed by atoms with Crippen molar-refractivity contribution in [2.75, 3.05) is 19.0 Å². The molecule has 0 fully saturated rings. The molecule has 0 aliphatic rings. The van der Waals surface area contributed by atoms with Crippen molar-refractivity contribution in [3.63, 3.8) is 0 Å². The average molecular weight is 271 g/mol. The normalized spacial score (nSPS) is 10.3. The highest BCUT2D eigenvalue weighted by molar-refractivity contribution is 5.73. The van der Waals surface area contributed by atoms with Gasteiger partial charge in [-0.05, 0) is 25.0 Å². The molecular formula is C16H21N3O. The number of aromatic nitrogens is 2. The molecule has 2 rings (SSSR count). The van der Waals surface area contributed by atoms with E-state index in [0.29, 0.717) is 0 Å². The molecule has 20 heavy (non-hydrogen) atoms. The Kier molecular flexibility index (Phi) is 4.93. The van der Waals surface area contributed by atoms with Crippen LogP contribution < -0.4 is 10.1 Å². The smallest absolute Gasteiger partial charge is 0.133 e. The van der Waals surface area contributed by atoms with Crippen LogP contribution in [0.4, 0.5) is 5.82 Å². The van der Waals surface area contributed by atoms with Crippen LogP contribution in [0.1, 0.15) is 25.8 Å². The molecule has 0 amide bonds. The first-order chi connectivity index (χ1) is 9.81. The van der Waals surface area contributed by atoms with Crippen molar-refractivity contribution in [2.24, 2.45) is 0 Å². The summed E-state index contributed by atoms with van der Waals surface area (Å²) in [7, 11) is 1.68. The van der Waals surface area contributed by atoms with Gasteiger partial charge in [-0.15, -0.1) is 0 Å². The van der Waals surface area contributed by atoms with Gasteiger partial charge in [0.25, 0.3) is 0 Å². The van der Waals surface area contributed by atoms with E-state index in [1.54, 1.807) is 13.4 Å². The predicted molar refractivity (Wildman–Crippen MR) is 82.2 cm³/mol. The van der Waals surface area contributed by atoms with Gasteiger partial charge in [0, 0.05) is 17.7 Å². The predicted octanol–water partition coefficient (Wildman–Crippen LogP) is 3.54. The lowest BCUT2D eigenvalue weighted by atomic mass is 10.0. The molecule has 0 aliphatic carbocycles. The number of ether oxygens (including phenoxy) is 1. The largest absolute Gasteiger partial charge is 0.496 e. The monoisotopic (exact) mass is 271 g/mol. The summed E-state index contributed by atoms with van der Waals surface area (Å²) in [6, 6.07) is 7.95. The molecule has 0 atom stereocenters. The number of para-hydroxylation sites is 1. The SMILES string of the molecule is CCCNc1ncnc(-c2ccccc2OC)c1CC. The molecule has 2 aromatic rings. The molecule has 0 bridgehead atoms. The lowest BCUT2D eigenvalue weighted by Crippen LogP contribution is -2.07. The summed E-state index contributed by atoms with van der Waals surface area (Å²) in [5.41, 5.74) is 3.08. The van der Waals surface area contributed by atoms with Crippen LogP contribution in [0.15, 0.2) is 30.6 Å². The highest BCUT2D eigenvalue weighted by atomic mass is 16.5. The van der Waals surface area contributed by atoms with Crippen LogP contribution in [-0.4, -0.2) is 23.6 Å². The quantitative estimate of drug-likeness (QED) is 0.873. The third-order valence-corrected chi connectivity index (χ3v) is 3.20. The van der Waals surface area contributed by atoms with Gasteiger partial charge in [-0.2, -0.15) is 0 Å². The van der Waals surface area contributed by atoms with Crippen LogP contribution >= 0.6 is 0 Å². The molecular weight excluding hydrogens is 250 g/mol. The van der Waals surface area contributed by atoms with E-state index in [9.17, 15) is 0 Å². The molecule has 0 spiro atoms. The number of hydrogen-bond donors (Lipinski definition) is 1. The summed E-state index contributed by atoms with van der Waals surface area (Å²) in [6.07, 6.45) is 3.55. The maximum absolute atomic E-state index is 5.44. The summed E-state index contributed by atoms with van der Waals surface area (Å²) in [5.74, 6) is 1.76. The minimum absolute atomic E-state index is 0.836. The van der Waals surface area contributed by atoms with Crippen LogP contribution in [0, 0.1) is 0 Å². The van der Waals surface area contributed by atoms with Crippen LogP contribution in [0.5, 0.6) is 5.75 Å². The third-order valence-electron chi connectivity index (χ3n) is 3.20. The topological polar surface area (TPSA) is 47.0 Å². The Morgan fingerprint density at radius 3 is 2.65 bits per heavy atom. The number of methoxy groups -OCH3 is 1. The second-order valence-electron chi connectivity index (χ2n) is 4.53. The maximum Gasteiger partial charge on any atom is 0.133 e. The summed E-state index contributed by atoms with van der Waals surface area (Å²) in [6.45, 7) is 5.17. The molecule has 1 aromatic carbocycles. The summed E-state index contributed by atoms with van der Waals surface area (Å²) in [4.78, 5) is 8.83. The van der Waals surface area contributed by atoms with Crippen LogP contribution in [0.25, 0.3) is 11.3 Å². The highest BCUT2D eigenvalue weighted by Gasteiger charge is 2.14. The van der Waals surface area contributed by atoms with E-state index in [1.165, 1.54) is 0 Å². The van der Waals surface area contributed by atoms with Gasteiger partial charge in [-0.3, -0.25) is 0 Å². The second-order valence-corrected chi connectivity index (χ2v) is 4.53. The molecule has 0 saturated heterocycles. The molecule has 4 nitrogen and oxygen atoms in total. The summed E-state index contributed by atoms with van der Waals surface area (Å²) < 4.78 is 5.44. The Morgan fingerprint density at radius 2 is 1.95 bits per heavy atom. The molecule has 4 heteroatoms. The van der Waals surface area contributed by atoms with Crippen molar-refractivity contribution in [3.05, 3.63) is 36.2 Å². The minimum Gasteiger partial charge on any atom is -0.496 e. The van der Waals surface area contributed by atoms with Crippen molar-refractivity contribution in [2.45, 2.75) is 26.7 Å². The van der Waals surface area contributed by atoms with Crippen LogP contribution in [-0.2, 0) is 6.42 Å². The number of nitrogens with one attached hydrogen (secondary N) is 1. The molecule has 0 radical (unpaired) electrons. The molecule has 0 unspecified atom stereocenters. The van der Waals surface area contributed by atoms with Crippen LogP contribution in [0.3, 0.4) is 0 Å². The molecule has 1 aromatic heterocycles. The van der Waals surface area contributed by atoms with Crippen LogP contribution in [0.2, 0.25) is 0 Å². The van der Waals surface area contributed by atoms with Crippen molar-refractivity contribution in [1.82, 2.24) is 9.97 Å². The first-order valence-electron chi connectivity index (χ1n) is 7.02. The lowest BCUT2D eigenvalue weighted by molar-refractivity contribution is 0.416. The maximum atomic E-state index is 5.44. The average Bonchev–Trinajstić information content (AvgIpc) is 2.52. The third kappa shape index (κ3) is 2.90. The van der Waals surface area contributed by atoms with E-state index in [2.05, 4.69) is 29.1 Å². The molecule has 0 aliphatic heterocycles. The second kappa shape index (κ2) is 6.89. The van der Waals surface area contributed by atoms with E-state index >= 15 is 0 Å². The lowest BCUT2D eigenvalue weighted by Gasteiger charge is -2.14. The Bertz CT molecular complexity index is 569. The minimum atomic E-state index is 0.836. The Hall–Kier alpha value is -2.10. The number of rotatable bonds is 6. The van der Waals surface area contributed by atoms with E-state index in [-0.39, 0.29) is 0 Å². The van der Waals surface area contributed by atoms with Gasteiger partial charge in [-0.1, -0.05) is 26.0 Å². The van der Waals surface area contributed by atoms with Gasteiger partial charge in [0.15, 0.2) is 0 Å². The molecule has 1 N–H and O–H groups in total. The molecule has 106 valence electrons. The van der Waals surface area contributed by atoms with Crippen molar-refractivity contribution < 1.29 is 4.74 Å². The first-order valence-corrected chi connectivity index (χ1v) is 7.02. The van der Waals surface area contributed by atoms with Crippen molar-refractivity contribution in [3.8, 4) is 17.0 Å². The van der Waals surface area contributed by atoms with E-state index in [0.717, 1.165) is 47.8 Å². The van der Waals surface area contributed by atoms with E-state index in [4.69, 9.17) is 4.74 Å². The van der Waals surface area contributed by atoms with Gasteiger partial charge in [0.2, 0.25) is 0 Å². The molecule has 1 heterocycles. The number of benzene rings is 1. The number of nitrogens with zero attached hydrogens (tertiary/aromatic N) is 2.